The molecule has 2 aromatic carbocycles. The number of hydrazine groups is 1. The second-order valence-corrected chi connectivity index (χ2v) is 8.77. The number of amides is 2. The summed E-state index contributed by atoms with van der Waals surface area (Å²) in [5.41, 5.74) is 4.45. The van der Waals surface area contributed by atoms with Crippen LogP contribution in [0.25, 0.3) is 0 Å². The third-order valence-corrected chi connectivity index (χ3v) is 6.83. The first-order valence-corrected chi connectivity index (χ1v) is 11.1. The van der Waals surface area contributed by atoms with E-state index in [2.05, 4.69) is 10.9 Å². The van der Waals surface area contributed by atoms with E-state index in [1.54, 1.807) is 19.9 Å². The summed E-state index contributed by atoms with van der Waals surface area (Å²) >= 11 is 12.0. The minimum absolute atomic E-state index is 0.0283. The molecule has 0 bridgehead atoms. The average molecular weight is 474 g/mol. The molecule has 0 unspecified atom stereocenters. The van der Waals surface area contributed by atoms with Gasteiger partial charge in [0.15, 0.2) is 0 Å². The zero-order valence-corrected chi connectivity index (χ0v) is 18.9. The summed E-state index contributed by atoms with van der Waals surface area (Å²) in [5, 5.41) is 0.338. The lowest BCUT2D eigenvalue weighted by Crippen LogP contribution is -2.42. The second-order valence-electron chi connectivity index (χ2n) is 5.98. The van der Waals surface area contributed by atoms with Crippen LogP contribution >= 0.6 is 23.2 Å². The molecule has 30 heavy (non-hydrogen) atoms. The fourth-order valence-electron chi connectivity index (χ4n) is 2.66. The highest BCUT2D eigenvalue weighted by Crippen LogP contribution is 2.24. The lowest BCUT2D eigenvalue weighted by molar-refractivity contribution is 0.0845. The van der Waals surface area contributed by atoms with Crippen molar-refractivity contribution in [1.29, 1.82) is 0 Å². The van der Waals surface area contributed by atoms with Crippen molar-refractivity contribution in [1.82, 2.24) is 15.2 Å². The van der Waals surface area contributed by atoms with Crippen molar-refractivity contribution in [2.45, 2.75) is 18.7 Å². The molecule has 0 radical (unpaired) electrons. The van der Waals surface area contributed by atoms with Crippen molar-refractivity contribution in [3.8, 4) is 5.75 Å². The molecule has 0 aliphatic heterocycles. The molecule has 0 aliphatic carbocycles. The van der Waals surface area contributed by atoms with Gasteiger partial charge in [0.05, 0.1) is 28.2 Å². The van der Waals surface area contributed by atoms with Gasteiger partial charge in [-0.3, -0.25) is 20.4 Å². The van der Waals surface area contributed by atoms with Gasteiger partial charge < -0.3 is 4.74 Å². The number of hydrogen-bond acceptors (Lipinski definition) is 5. The summed E-state index contributed by atoms with van der Waals surface area (Å²) in [4.78, 5) is 24.8. The van der Waals surface area contributed by atoms with E-state index in [0.29, 0.717) is 5.02 Å². The van der Waals surface area contributed by atoms with E-state index in [1.807, 2.05) is 0 Å². The van der Waals surface area contributed by atoms with Gasteiger partial charge in [-0.25, -0.2) is 8.42 Å². The molecule has 0 saturated heterocycles. The number of rotatable bonds is 7. The fraction of sp³-hybridized carbons (Fsp3) is 0.263. The smallest absolute Gasteiger partial charge is 0.273 e. The number of hydrogen-bond donors (Lipinski definition) is 2. The van der Waals surface area contributed by atoms with Crippen LogP contribution in [0.2, 0.25) is 10.0 Å². The maximum absolute atomic E-state index is 12.7. The Balaban J connectivity index is 2.24. The van der Waals surface area contributed by atoms with E-state index < -0.39 is 21.8 Å². The first-order valence-electron chi connectivity index (χ1n) is 8.89. The molecular formula is C19H21Cl2N3O5S. The third kappa shape index (κ3) is 5.23. The van der Waals surface area contributed by atoms with Gasteiger partial charge in [-0.1, -0.05) is 37.0 Å². The number of methoxy groups -OCH3 is 1. The molecule has 0 spiro atoms. The minimum atomic E-state index is -3.79. The van der Waals surface area contributed by atoms with Crippen LogP contribution in [0.3, 0.4) is 0 Å². The van der Waals surface area contributed by atoms with Gasteiger partial charge in [0.2, 0.25) is 10.0 Å². The van der Waals surface area contributed by atoms with Gasteiger partial charge in [-0.05, 0) is 36.4 Å². The molecule has 162 valence electrons. The van der Waals surface area contributed by atoms with Gasteiger partial charge in [0.25, 0.3) is 11.8 Å². The van der Waals surface area contributed by atoms with E-state index >= 15 is 0 Å². The molecule has 0 aliphatic rings. The van der Waals surface area contributed by atoms with Crippen LogP contribution < -0.4 is 15.6 Å². The molecule has 0 heterocycles. The summed E-state index contributed by atoms with van der Waals surface area (Å²) in [7, 11) is -2.40. The number of carbonyl (C=O) groups excluding carboxylic acids is 2. The molecule has 2 N–H and O–H groups in total. The van der Waals surface area contributed by atoms with Crippen LogP contribution in [0.4, 0.5) is 0 Å². The number of halogens is 2. The molecule has 2 amide bonds. The molecule has 0 aromatic heterocycles. The van der Waals surface area contributed by atoms with Gasteiger partial charge in [-0.15, -0.1) is 0 Å². The summed E-state index contributed by atoms with van der Waals surface area (Å²) in [6, 6.07) is 8.25. The van der Waals surface area contributed by atoms with Crippen LogP contribution in [0.5, 0.6) is 5.75 Å². The number of nitrogens with one attached hydrogen (secondary N) is 2. The number of benzene rings is 2. The minimum Gasteiger partial charge on any atom is -0.496 e. The van der Waals surface area contributed by atoms with Crippen molar-refractivity contribution in [2.24, 2.45) is 0 Å². The average Bonchev–Trinajstić information content (AvgIpc) is 2.72. The normalized spacial score (nSPS) is 11.3. The Bertz CT molecular complexity index is 1060. The van der Waals surface area contributed by atoms with E-state index in [4.69, 9.17) is 27.9 Å². The highest BCUT2D eigenvalue weighted by atomic mass is 35.5. The van der Waals surface area contributed by atoms with E-state index in [9.17, 15) is 18.0 Å². The Hall–Kier alpha value is -2.33. The lowest BCUT2D eigenvalue weighted by atomic mass is 10.2. The standard InChI is InChI=1S/C19H21Cl2N3O5S/c1-4-24(5-2)30(27,28)13-7-8-16(21)14(11-13)18(25)22-23-19(26)15-10-12(20)6-9-17(15)29-3/h6-11H,4-5H2,1-3H3,(H,22,25)(H,23,26). The predicted octanol–water partition coefficient (Wildman–Crippen LogP) is 3.11. The van der Waals surface area contributed by atoms with Crippen LogP contribution in [0.1, 0.15) is 34.6 Å². The zero-order valence-electron chi connectivity index (χ0n) is 16.5. The zero-order chi connectivity index (χ0) is 22.5. The Labute approximate surface area is 185 Å². The van der Waals surface area contributed by atoms with Crippen molar-refractivity contribution in [2.75, 3.05) is 20.2 Å². The summed E-state index contributed by atoms with van der Waals surface area (Å²) in [6.07, 6.45) is 0. The second kappa shape index (κ2) is 10.1. The summed E-state index contributed by atoms with van der Waals surface area (Å²) in [5.74, 6) is -1.20. The predicted molar refractivity (Wildman–Crippen MR) is 114 cm³/mol. The number of carbonyl (C=O) groups is 2. The van der Waals surface area contributed by atoms with Crippen LogP contribution in [-0.4, -0.2) is 44.7 Å². The van der Waals surface area contributed by atoms with Crippen LogP contribution in [0, 0.1) is 0 Å². The molecule has 0 fully saturated rings. The van der Waals surface area contributed by atoms with E-state index in [0.717, 1.165) is 6.07 Å². The number of ether oxygens (including phenoxy) is 1. The molecule has 11 heteroatoms. The Morgan fingerprint density at radius 2 is 1.57 bits per heavy atom. The van der Waals surface area contributed by atoms with E-state index in [1.165, 1.54) is 35.7 Å². The molecule has 2 aromatic rings. The monoisotopic (exact) mass is 473 g/mol. The maximum atomic E-state index is 12.7. The third-order valence-electron chi connectivity index (χ3n) is 4.22. The van der Waals surface area contributed by atoms with Gasteiger partial charge >= 0.3 is 0 Å². The van der Waals surface area contributed by atoms with E-state index in [-0.39, 0.29) is 39.9 Å². The highest BCUT2D eigenvalue weighted by molar-refractivity contribution is 7.89. The van der Waals surface area contributed by atoms with Gasteiger partial charge in [0, 0.05) is 18.1 Å². The first-order chi connectivity index (χ1) is 14.1. The van der Waals surface area contributed by atoms with Crippen LogP contribution in [0.15, 0.2) is 41.3 Å². The molecule has 0 saturated carbocycles. The lowest BCUT2D eigenvalue weighted by Gasteiger charge is -2.19. The van der Waals surface area contributed by atoms with Gasteiger partial charge in [0.1, 0.15) is 5.75 Å². The van der Waals surface area contributed by atoms with Crippen LogP contribution in [-0.2, 0) is 10.0 Å². The Kier molecular flexibility index (Phi) is 8.08. The first kappa shape index (κ1) is 23.9. The largest absolute Gasteiger partial charge is 0.496 e. The Morgan fingerprint density at radius 1 is 0.967 bits per heavy atom. The maximum Gasteiger partial charge on any atom is 0.273 e. The SMILES string of the molecule is CCN(CC)S(=O)(=O)c1ccc(Cl)c(C(=O)NNC(=O)c2cc(Cl)ccc2OC)c1. The molecule has 0 atom stereocenters. The van der Waals surface area contributed by atoms with Crippen molar-refractivity contribution in [3.05, 3.63) is 57.6 Å². The molecule has 8 nitrogen and oxygen atoms in total. The van der Waals surface area contributed by atoms with Gasteiger partial charge in [-0.2, -0.15) is 4.31 Å². The summed E-state index contributed by atoms with van der Waals surface area (Å²) < 4.78 is 31.7. The molecular weight excluding hydrogens is 453 g/mol. The van der Waals surface area contributed by atoms with Crippen molar-refractivity contribution in [3.63, 3.8) is 0 Å². The highest BCUT2D eigenvalue weighted by Gasteiger charge is 2.24. The topological polar surface area (TPSA) is 105 Å². The quantitative estimate of drug-likeness (QED) is 0.601. The Morgan fingerprint density at radius 3 is 2.13 bits per heavy atom. The van der Waals surface area contributed by atoms with Crippen molar-refractivity contribution >= 4 is 45.0 Å². The fourth-order valence-corrected chi connectivity index (χ4v) is 4.52. The summed E-state index contributed by atoms with van der Waals surface area (Å²) in [6.45, 7) is 3.98. The number of nitrogens with zero attached hydrogens (tertiary/aromatic N) is 1. The number of sulfonamides is 1. The molecule has 2 rings (SSSR count). The van der Waals surface area contributed by atoms with Crippen molar-refractivity contribution < 1.29 is 22.7 Å².